The minimum Gasteiger partial charge on any atom is -0.316 e. The Morgan fingerprint density at radius 2 is 1.64 bits per heavy atom. The SMILES string of the molecule is C.C1CNCC2(C1)CCNC2. The molecule has 0 amide bonds. The molecule has 66 valence electrons. The second-order valence-corrected chi connectivity index (χ2v) is 3.71. The van der Waals surface area contributed by atoms with Gasteiger partial charge in [-0.2, -0.15) is 0 Å². The summed E-state index contributed by atoms with van der Waals surface area (Å²) in [6.45, 7) is 4.98. The van der Waals surface area contributed by atoms with Crippen LogP contribution in [0, 0.1) is 5.41 Å². The zero-order valence-electron chi connectivity index (χ0n) is 6.45. The Kier molecular flexibility index (Phi) is 2.90. The van der Waals surface area contributed by atoms with E-state index >= 15 is 0 Å². The predicted octanol–water partition coefficient (Wildman–Crippen LogP) is 0.986. The van der Waals surface area contributed by atoms with Crippen molar-refractivity contribution < 1.29 is 0 Å². The summed E-state index contributed by atoms with van der Waals surface area (Å²) in [6.07, 6.45) is 4.20. The highest BCUT2D eigenvalue weighted by Gasteiger charge is 2.34. The van der Waals surface area contributed by atoms with Crippen molar-refractivity contribution in [2.75, 3.05) is 26.2 Å². The zero-order valence-corrected chi connectivity index (χ0v) is 6.45. The lowest BCUT2D eigenvalue weighted by Crippen LogP contribution is -2.41. The molecule has 0 aromatic heterocycles. The lowest BCUT2D eigenvalue weighted by molar-refractivity contribution is 0.236. The molecule has 0 aliphatic carbocycles. The van der Waals surface area contributed by atoms with Gasteiger partial charge in [0, 0.05) is 13.1 Å². The Morgan fingerprint density at radius 3 is 2.09 bits per heavy atom. The van der Waals surface area contributed by atoms with Crippen molar-refractivity contribution in [2.45, 2.75) is 26.7 Å². The molecule has 2 aliphatic rings. The van der Waals surface area contributed by atoms with Crippen LogP contribution in [0.2, 0.25) is 0 Å². The number of hydrogen-bond acceptors (Lipinski definition) is 2. The molecule has 1 atom stereocenters. The first kappa shape index (κ1) is 9.01. The van der Waals surface area contributed by atoms with E-state index in [1.807, 2.05) is 0 Å². The maximum absolute atomic E-state index is 3.48. The first-order valence-electron chi connectivity index (χ1n) is 4.33. The van der Waals surface area contributed by atoms with Gasteiger partial charge in [0.05, 0.1) is 0 Å². The van der Waals surface area contributed by atoms with Gasteiger partial charge >= 0.3 is 0 Å². The summed E-state index contributed by atoms with van der Waals surface area (Å²) in [5.74, 6) is 0. The molecule has 1 spiro atoms. The van der Waals surface area contributed by atoms with E-state index in [-0.39, 0.29) is 7.43 Å². The molecule has 2 N–H and O–H groups in total. The van der Waals surface area contributed by atoms with Gasteiger partial charge in [0.15, 0.2) is 0 Å². The Balaban J connectivity index is 0.000000605. The second kappa shape index (κ2) is 3.55. The topological polar surface area (TPSA) is 24.1 Å². The van der Waals surface area contributed by atoms with Crippen LogP contribution < -0.4 is 10.6 Å². The molecule has 0 aromatic carbocycles. The summed E-state index contributed by atoms with van der Waals surface area (Å²) < 4.78 is 0. The van der Waals surface area contributed by atoms with E-state index < -0.39 is 0 Å². The zero-order chi connectivity index (χ0) is 6.86. The number of nitrogens with one attached hydrogen (secondary N) is 2. The molecule has 11 heavy (non-hydrogen) atoms. The summed E-state index contributed by atoms with van der Waals surface area (Å²) in [5, 5.41) is 6.92. The smallest absolute Gasteiger partial charge is 0.00205 e. The van der Waals surface area contributed by atoms with Crippen molar-refractivity contribution in [1.82, 2.24) is 10.6 Å². The third-order valence-corrected chi connectivity index (χ3v) is 2.89. The first-order chi connectivity index (χ1) is 4.91. The normalized spacial score (nSPS) is 37.1. The van der Waals surface area contributed by atoms with E-state index in [4.69, 9.17) is 0 Å². The molecule has 2 heterocycles. The molecule has 2 heteroatoms. The molecule has 2 aliphatic heterocycles. The number of rotatable bonds is 0. The standard InChI is InChI=1S/C8H16N2.CH4/c1-2-8(6-9-4-1)3-5-10-7-8;/h9-10H,1-7H2;1H4. The largest absolute Gasteiger partial charge is 0.316 e. The van der Waals surface area contributed by atoms with E-state index in [2.05, 4.69) is 10.6 Å². The fourth-order valence-corrected chi connectivity index (χ4v) is 2.19. The van der Waals surface area contributed by atoms with Gasteiger partial charge in [-0.3, -0.25) is 0 Å². The van der Waals surface area contributed by atoms with Crippen molar-refractivity contribution in [3.05, 3.63) is 0 Å². The molecule has 0 radical (unpaired) electrons. The Hall–Kier alpha value is -0.0800. The van der Waals surface area contributed by atoms with E-state index in [9.17, 15) is 0 Å². The van der Waals surface area contributed by atoms with Gasteiger partial charge < -0.3 is 10.6 Å². The van der Waals surface area contributed by atoms with Crippen LogP contribution in [0.4, 0.5) is 0 Å². The lowest BCUT2D eigenvalue weighted by Gasteiger charge is -2.32. The molecular formula is C9H20N2. The highest BCUT2D eigenvalue weighted by molar-refractivity contribution is 4.91. The van der Waals surface area contributed by atoms with Crippen LogP contribution in [0.15, 0.2) is 0 Å². The maximum atomic E-state index is 3.48. The van der Waals surface area contributed by atoms with Crippen molar-refractivity contribution in [3.8, 4) is 0 Å². The Bertz CT molecular complexity index is 109. The third-order valence-electron chi connectivity index (χ3n) is 2.89. The highest BCUT2D eigenvalue weighted by Crippen LogP contribution is 2.31. The lowest BCUT2D eigenvalue weighted by atomic mass is 9.80. The maximum Gasteiger partial charge on any atom is 0.00205 e. The molecule has 0 bridgehead atoms. The highest BCUT2D eigenvalue weighted by atomic mass is 15.0. The summed E-state index contributed by atoms with van der Waals surface area (Å²) >= 11 is 0. The number of piperidine rings is 1. The van der Waals surface area contributed by atoms with Crippen LogP contribution in [0.5, 0.6) is 0 Å². The molecule has 2 rings (SSSR count). The molecule has 0 saturated carbocycles. The average Bonchev–Trinajstić information content (AvgIpc) is 2.39. The van der Waals surface area contributed by atoms with Crippen LogP contribution in [0.3, 0.4) is 0 Å². The van der Waals surface area contributed by atoms with Crippen LogP contribution >= 0.6 is 0 Å². The molecule has 2 fully saturated rings. The fourth-order valence-electron chi connectivity index (χ4n) is 2.19. The summed E-state index contributed by atoms with van der Waals surface area (Å²) in [6, 6.07) is 0. The minimum absolute atomic E-state index is 0. The minimum atomic E-state index is 0. The van der Waals surface area contributed by atoms with Gasteiger partial charge in [-0.25, -0.2) is 0 Å². The molecule has 0 aromatic rings. The quantitative estimate of drug-likeness (QED) is 0.546. The molecule has 1 unspecified atom stereocenters. The van der Waals surface area contributed by atoms with Crippen LogP contribution in [-0.4, -0.2) is 26.2 Å². The van der Waals surface area contributed by atoms with E-state index in [0.717, 1.165) is 0 Å². The van der Waals surface area contributed by atoms with Crippen molar-refractivity contribution in [1.29, 1.82) is 0 Å². The summed E-state index contributed by atoms with van der Waals surface area (Å²) in [5.41, 5.74) is 0.651. The van der Waals surface area contributed by atoms with Gasteiger partial charge in [0.2, 0.25) is 0 Å². The Morgan fingerprint density at radius 1 is 0.909 bits per heavy atom. The first-order valence-corrected chi connectivity index (χ1v) is 4.33. The third kappa shape index (κ3) is 1.74. The van der Waals surface area contributed by atoms with Gasteiger partial charge in [-0.05, 0) is 37.8 Å². The fraction of sp³-hybridized carbons (Fsp3) is 1.00. The summed E-state index contributed by atoms with van der Waals surface area (Å²) in [4.78, 5) is 0. The van der Waals surface area contributed by atoms with E-state index in [0.29, 0.717) is 5.41 Å². The van der Waals surface area contributed by atoms with Gasteiger partial charge in [0.25, 0.3) is 0 Å². The van der Waals surface area contributed by atoms with Crippen LogP contribution in [0.1, 0.15) is 26.7 Å². The van der Waals surface area contributed by atoms with E-state index in [1.54, 1.807) is 0 Å². The predicted molar refractivity (Wildman–Crippen MR) is 48.8 cm³/mol. The van der Waals surface area contributed by atoms with Gasteiger partial charge in [-0.1, -0.05) is 7.43 Å². The van der Waals surface area contributed by atoms with Gasteiger partial charge in [-0.15, -0.1) is 0 Å². The van der Waals surface area contributed by atoms with Crippen molar-refractivity contribution in [2.24, 2.45) is 5.41 Å². The van der Waals surface area contributed by atoms with Gasteiger partial charge in [0.1, 0.15) is 0 Å². The molecule has 2 nitrogen and oxygen atoms in total. The van der Waals surface area contributed by atoms with Crippen molar-refractivity contribution >= 4 is 0 Å². The average molecular weight is 156 g/mol. The second-order valence-electron chi connectivity index (χ2n) is 3.71. The van der Waals surface area contributed by atoms with Crippen molar-refractivity contribution in [3.63, 3.8) is 0 Å². The number of hydrogen-bond donors (Lipinski definition) is 2. The van der Waals surface area contributed by atoms with Crippen LogP contribution in [-0.2, 0) is 0 Å². The Labute approximate surface area is 69.8 Å². The van der Waals surface area contributed by atoms with E-state index in [1.165, 1.54) is 45.4 Å². The molecule has 2 saturated heterocycles. The molecular weight excluding hydrogens is 136 g/mol. The summed E-state index contributed by atoms with van der Waals surface area (Å²) in [7, 11) is 0. The monoisotopic (exact) mass is 156 g/mol. The van der Waals surface area contributed by atoms with Crippen LogP contribution in [0.25, 0.3) is 0 Å².